The van der Waals surface area contributed by atoms with E-state index in [1.807, 2.05) is 0 Å². The molecule has 84 valence electrons. The summed E-state index contributed by atoms with van der Waals surface area (Å²) in [5.74, 6) is 0.277. The molecule has 0 saturated heterocycles. The zero-order valence-corrected chi connectivity index (χ0v) is 9.00. The first-order chi connectivity index (χ1) is 7.09. The number of aliphatic hydroxyl groups excluding tert-OH is 1. The molecule has 3 N–H and O–H groups in total. The summed E-state index contributed by atoms with van der Waals surface area (Å²) in [5.41, 5.74) is 0. The second-order valence-corrected chi connectivity index (χ2v) is 5.57. The van der Waals surface area contributed by atoms with Gasteiger partial charge in [-0.3, -0.25) is 0 Å². The van der Waals surface area contributed by atoms with E-state index in [1.54, 1.807) is 6.20 Å². The zero-order chi connectivity index (χ0) is 10.9. The Morgan fingerprint density at radius 3 is 2.87 bits per heavy atom. The first-order valence-corrected chi connectivity index (χ1v) is 6.38. The Kier molecular flexibility index (Phi) is 2.81. The van der Waals surface area contributed by atoms with Crippen LogP contribution in [0.1, 0.15) is 12.8 Å². The van der Waals surface area contributed by atoms with Crippen LogP contribution in [0.3, 0.4) is 0 Å². The smallest absolute Gasteiger partial charge is 0.242 e. The van der Waals surface area contributed by atoms with Crippen LogP contribution in [0, 0.1) is 5.92 Å². The van der Waals surface area contributed by atoms with E-state index >= 15 is 0 Å². The van der Waals surface area contributed by atoms with Crippen molar-refractivity contribution in [2.24, 2.45) is 5.92 Å². The largest absolute Gasteiger partial charge is 0.391 e. The van der Waals surface area contributed by atoms with E-state index in [2.05, 4.69) is 9.71 Å². The summed E-state index contributed by atoms with van der Waals surface area (Å²) in [5, 5.41) is 9.52. The van der Waals surface area contributed by atoms with Gasteiger partial charge in [-0.1, -0.05) is 0 Å². The van der Waals surface area contributed by atoms with Crippen molar-refractivity contribution in [1.29, 1.82) is 0 Å². The van der Waals surface area contributed by atoms with E-state index in [4.69, 9.17) is 0 Å². The van der Waals surface area contributed by atoms with E-state index in [0.717, 1.165) is 12.8 Å². The summed E-state index contributed by atoms with van der Waals surface area (Å²) in [6.45, 7) is 0.0954. The van der Waals surface area contributed by atoms with Crippen molar-refractivity contribution in [3.63, 3.8) is 0 Å². The predicted molar refractivity (Wildman–Crippen MR) is 54.7 cm³/mol. The lowest BCUT2D eigenvalue weighted by Gasteiger charge is -2.10. The summed E-state index contributed by atoms with van der Waals surface area (Å²) in [4.78, 5) is 2.88. The molecule has 0 aliphatic heterocycles. The van der Waals surface area contributed by atoms with Gasteiger partial charge in [0.05, 0.1) is 11.0 Å². The molecule has 1 aliphatic rings. The average molecular weight is 230 g/mol. The summed E-state index contributed by atoms with van der Waals surface area (Å²) >= 11 is 0. The van der Waals surface area contributed by atoms with E-state index in [1.165, 1.54) is 12.3 Å². The summed E-state index contributed by atoms with van der Waals surface area (Å²) in [7, 11) is -3.46. The lowest BCUT2D eigenvalue weighted by molar-refractivity contribution is 0.155. The molecule has 1 heterocycles. The van der Waals surface area contributed by atoms with Crippen molar-refractivity contribution in [2.75, 3.05) is 6.54 Å². The molecule has 1 fully saturated rings. The van der Waals surface area contributed by atoms with Crippen LogP contribution in [0.25, 0.3) is 0 Å². The third-order valence-corrected chi connectivity index (χ3v) is 3.95. The molecule has 5 nitrogen and oxygen atoms in total. The maximum absolute atomic E-state index is 11.6. The lowest BCUT2D eigenvalue weighted by atomic mass is 10.2. The Labute approximate surface area is 88.6 Å². The third-order valence-electron chi connectivity index (χ3n) is 2.53. The number of rotatable bonds is 5. The average Bonchev–Trinajstić information content (AvgIpc) is 2.89. The SMILES string of the molecule is O=S(=O)(NCC(O)C1CC1)c1cc[nH]c1. The van der Waals surface area contributed by atoms with Crippen LogP contribution < -0.4 is 4.72 Å². The predicted octanol–water partition coefficient (Wildman–Crippen LogP) is 0.0639. The molecule has 0 bridgehead atoms. The van der Waals surface area contributed by atoms with Crippen molar-refractivity contribution >= 4 is 10.0 Å². The van der Waals surface area contributed by atoms with Crippen LogP contribution in [0.5, 0.6) is 0 Å². The number of H-pyrrole nitrogens is 1. The van der Waals surface area contributed by atoms with Gasteiger partial charge >= 0.3 is 0 Å². The number of sulfonamides is 1. The quantitative estimate of drug-likeness (QED) is 0.669. The Balaban J connectivity index is 1.93. The number of aromatic nitrogens is 1. The van der Waals surface area contributed by atoms with Crippen LogP contribution >= 0.6 is 0 Å². The molecule has 1 aliphatic carbocycles. The van der Waals surface area contributed by atoms with Crippen molar-refractivity contribution in [3.05, 3.63) is 18.5 Å². The number of nitrogens with one attached hydrogen (secondary N) is 2. The second-order valence-electron chi connectivity index (χ2n) is 3.80. The zero-order valence-electron chi connectivity index (χ0n) is 8.18. The molecule has 1 unspecified atom stereocenters. The Morgan fingerprint density at radius 1 is 1.60 bits per heavy atom. The molecule has 6 heteroatoms. The molecule has 1 aromatic heterocycles. The molecule has 0 spiro atoms. The Morgan fingerprint density at radius 2 is 2.33 bits per heavy atom. The Bertz CT molecular complexity index is 409. The Hall–Kier alpha value is -0.850. The third kappa shape index (κ3) is 2.58. The highest BCUT2D eigenvalue weighted by molar-refractivity contribution is 7.89. The highest BCUT2D eigenvalue weighted by atomic mass is 32.2. The van der Waals surface area contributed by atoms with Crippen LogP contribution in [-0.4, -0.2) is 31.2 Å². The van der Waals surface area contributed by atoms with Gasteiger partial charge in [-0.15, -0.1) is 0 Å². The van der Waals surface area contributed by atoms with Gasteiger partial charge in [-0.2, -0.15) is 0 Å². The second kappa shape index (κ2) is 3.96. The normalized spacial score (nSPS) is 19.0. The van der Waals surface area contributed by atoms with Crippen LogP contribution in [0.2, 0.25) is 0 Å². The maximum Gasteiger partial charge on any atom is 0.242 e. The van der Waals surface area contributed by atoms with E-state index < -0.39 is 16.1 Å². The topological polar surface area (TPSA) is 82.2 Å². The van der Waals surface area contributed by atoms with Crippen LogP contribution in [-0.2, 0) is 10.0 Å². The van der Waals surface area contributed by atoms with Crippen molar-refractivity contribution in [2.45, 2.75) is 23.8 Å². The number of aliphatic hydroxyl groups is 1. The summed E-state index contributed by atoms with van der Waals surface area (Å²) < 4.78 is 25.6. The van der Waals surface area contributed by atoms with Crippen molar-refractivity contribution < 1.29 is 13.5 Å². The van der Waals surface area contributed by atoms with Gasteiger partial charge < -0.3 is 10.1 Å². The van der Waals surface area contributed by atoms with Gasteiger partial charge in [-0.05, 0) is 24.8 Å². The molecule has 1 saturated carbocycles. The molecule has 0 aromatic carbocycles. The maximum atomic E-state index is 11.6. The standard InChI is InChI=1S/C9H14N2O3S/c12-9(7-1-2-7)6-11-15(13,14)8-3-4-10-5-8/h3-5,7,9-12H,1-2,6H2. The molecule has 2 rings (SSSR count). The minimum absolute atomic E-state index is 0.0954. The molecule has 0 amide bonds. The highest BCUT2D eigenvalue weighted by Crippen LogP contribution is 2.32. The van der Waals surface area contributed by atoms with Gasteiger partial charge in [0.25, 0.3) is 0 Å². The minimum atomic E-state index is -3.46. The van der Waals surface area contributed by atoms with Crippen molar-refractivity contribution in [3.8, 4) is 0 Å². The molecular weight excluding hydrogens is 216 g/mol. The van der Waals surface area contributed by atoms with Crippen LogP contribution in [0.15, 0.2) is 23.4 Å². The van der Waals surface area contributed by atoms with Crippen LogP contribution in [0.4, 0.5) is 0 Å². The molecule has 0 radical (unpaired) electrons. The number of aromatic amines is 1. The monoisotopic (exact) mass is 230 g/mol. The van der Waals surface area contributed by atoms with E-state index in [-0.39, 0.29) is 17.4 Å². The molecular formula is C9H14N2O3S. The van der Waals surface area contributed by atoms with E-state index in [9.17, 15) is 13.5 Å². The molecule has 1 atom stereocenters. The number of hydrogen-bond donors (Lipinski definition) is 3. The first-order valence-electron chi connectivity index (χ1n) is 4.90. The lowest BCUT2D eigenvalue weighted by Crippen LogP contribution is -2.32. The molecule has 1 aromatic rings. The van der Waals surface area contributed by atoms with Crippen molar-refractivity contribution in [1.82, 2.24) is 9.71 Å². The minimum Gasteiger partial charge on any atom is -0.391 e. The highest BCUT2D eigenvalue weighted by Gasteiger charge is 2.30. The summed E-state index contributed by atoms with van der Waals surface area (Å²) in [6.07, 6.45) is 4.39. The van der Waals surface area contributed by atoms with Gasteiger partial charge in [0.1, 0.15) is 0 Å². The summed E-state index contributed by atoms with van der Waals surface area (Å²) in [6, 6.07) is 1.48. The fourth-order valence-corrected chi connectivity index (χ4v) is 2.43. The molecule has 15 heavy (non-hydrogen) atoms. The fourth-order valence-electron chi connectivity index (χ4n) is 1.40. The van der Waals surface area contributed by atoms with E-state index in [0.29, 0.717) is 0 Å². The number of hydrogen-bond acceptors (Lipinski definition) is 3. The van der Waals surface area contributed by atoms with Gasteiger partial charge in [0.15, 0.2) is 0 Å². The van der Waals surface area contributed by atoms with Gasteiger partial charge in [0.2, 0.25) is 10.0 Å². The fraction of sp³-hybridized carbons (Fsp3) is 0.556. The van der Waals surface area contributed by atoms with Gasteiger partial charge in [-0.25, -0.2) is 13.1 Å². The van der Waals surface area contributed by atoms with Gasteiger partial charge in [0, 0.05) is 18.9 Å². The first kappa shape index (κ1) is 10.7.